The zero-order valence-corrected chi connectivity index (χ0v) is 12.2. The summed E-state index contributed by atoms with van der Waals surface area (Å²) in [6.07, 6.45) is -5.49. The van der Waals surface area contributed by atoms with Crippen LogP contribution in [0.25, 0.3) is 0 Å². The Morgan fingerprint density at radius 1 is 1.26 bits per heavy atom. The maximum Gasteiger partial charge on any atom is 0.288 e. The number of benzene rings is 1. The molecule has 0 spiro atoms. The lowest BCUT2D eigenvalue weighted by Gasteiger charge is -2.35. The molecular formula is C11H13N2O9S-. The molecule has 1 aromatic carbocycles. The monoisotopic (exact) mass is 349 g/mol. The van der Waals surface area contributed by atoms with Gasteiger partial charge < -0.3 is 29.9 Å². The topological polar surface area (TPSA) is 182 Å². The number of aliphatic hydroxyl groups is 3. The number of anilines is 1. The van der Waals surface area contributed by atoms with Crippen LogP contribution in [-0.2, 0) is 14.9 Å². The standard InChI is InChI=1S/C11H14N2O9S/c14-7-4-22-11(10(16)9(7)15)12-5-1-2-8(23(19,20)21)6(3-5)13(17)18/h1-3,7,9-12,14-16H,4H2,(H,19,20,21)/p-1. The number of hydrogen-bond donors (Lipinski definition) is 4. The van der Waals surface area contributed by atoms with Gasteiger partial charge in [-0.15, -0.1) is 0 Å². The Hall–Kier alpha value is -1.83. The summed E-state index contributed by atoms with van der Waals surface area (Å²) in [4.78, 5) is 8.87. The molecule has 0 bridgehead atoms. The van der Waals surface area contributed by atoms with Gasteiger partial charge in [0.1, 0.15) is 33.3 Å². The molecule has 1 aromatic rings. The summed E-state index contributed by atoms with van der Waals surface area (Å²) in [6.45, 7) is -0.287. The second kappa shape index (κ2) is 6.35. The van der Waals surface area contributed by atoms with E-state index in [-0.39, 0.29) is 12.3 Å². The highest BCUT2D eigenvalue weighted by atomic mass is 32.2. The molecule has 1 saturated heterocycles. The van der Waals surface area contributed by atoms with E-state index in [1.54, 1.807) is 0 Å². The van der Waals surface area contributed by atoms with Crippen molar-refractivity contribution in [1.29, 1.82) is 0 Å². The van der Waals surface area contributed by atoms with Crippen LogP contribution in [-0.4, -0.2) is 64.4 Å². The van der Waals surface area contributed by atoms with Gasteiger partial charge in [-0.3, -0.25) is 10.1 Å². The molecule has 4 atom stereocenters. The van der Waals surface area contributed by atoms with E-state index in [2.05, 4.69) is 5.32 Å². The first-order valence-electron chi connectivity index (χ1n) is 6.28. The van der Waals surface area contributed by atoms with Crippen LogP contribution in [0.5, 0.6) is 0 Å². The molecule has 1 heterocycles. The second-order valence-corrected chi connectivity index (χ2v) is 6.19. The van der Waals surface area contributed by atoms with Crippen molar-refractivity contribution in [2.75, 3.05) is 11.9 Å². The fraction of sp³-hybridized carbons (Fsp3) is 0.455. The van der Waals surface area contributed by atoms with Gasteiger partial charge in [-0.2, -0.15) is 0 Å². The van der Waals surface area contributed by atoms with Gasteiger partial charge in [-0.05, 0) is 12.1 Å². The molecule has 0 radical (unpaired) electrons. The number of ether oxygens (including phenoxy) is 1. The third kappa shape index (κ3) is 3.74. The highest BCUT2D eigenvalue weighted by Gasteiger charge is 2.37. The number of nitrogens with one attached hydrogen (secondary N) is 1. The van der Waals surface area contributed by atoms with Crippen molar-refractivity contribution in [2.24, 2.45) is 0 Å². The molecular weight excluding hydrogens is 336 g/mol. The molecule has 0 aromatic heterocycles. The van der Waals surface area contributed by atoms with Crippen LogP contribution in [0.1, 0.15) is 0 Å². The summed E-state index contributed by atoms with van der Waals surface area (Å²) in [6, 6.07) is 2.62. The first kappa shape index (κ1) is 17.5. The molecule has 2 rings (SSSR count). The number of hydrogen-bond acceptors (Lipinski definition) is 10. The average Bonchev–Trinajstić information content (AvgIpc) is 2.46. The van der Waals surface area contributed by atoms with Crippen LogP contribution >= 0.6 is 0 Å². The molecule has 1 fully saturated rings. The smallest absolute Gasteiger partial charge is 0.288 e. The second-order valence-electron chi connectivity index (χ2n) is 4.84. The minimum absolute atomic E-state index is 0.0169. The molecule has 4 N–H and O–H groups in total. The van der Waals surface area contributed by atoms with Crippen molar-refractivity contribution >= 4 is 21.5 Å². The van der Waals surface area contributed by atoms with Crippen LogP contribution in [0.3, 0.4) is 0 Å². The predicted octanol–water partition coefficient (Wildman–Crippen LogP) is -1.65. The fourth-order valence-electron chi connectivity index (χ4n) is 2.06. The molecule has 0 amide bonds. The van der Waals surface area contributed by atoms with Crippen molar-refractivity contribution in [3.8, 4) is 0 Å². The van der Waals surface area contributed by atoms with Gasteiger partial charge in [0.15, 0.2) is 6.23 Å². The van der Waals surface area contributed by atoms with E-state index in [1.165, 1.54) is 0 Å². The highest BCUT2D eigenvalue weighted by molar-refractivity contribution is 7.85. The van der Waals surface area contributed by atoms with Crippen LogP contribution in [0.2, 0.25) is 0 Å². The molecule has 12 heteroatoms. The van der Waals surface area contributed by atoms with Gasteiger partial charge in [-0.25, -0.2) is 8.42 Å². The summed E-state index contributed by atoms with van der Waals surface area (Å²) in [5.41, 5.74) is -0.951. The first-order chi connectivity index (χ1) is 10.6. The minimum Gasteiger partial charge on any atom is -0.744 e. The van der Waals surface area contributed by atoms with Gasteiger partial charge in [0, 0.05) is 11.8 Å². The number of rotatable bonds is 4. The molecule has 128 valence electrons. The Balaban J connectivity index is 2.28. The predicted molar refractivity (Wildman–Crippen MR) is 72.4 cm³/mol. The summed E-state index contributed by atoms with van der Waals surface area (Å²) in [5.74, 6) is 0. The Bertz CT molecular complexity index is 707. The lowest BCUT2D eigenvalue weighted by molar-refractivity contribution is -0.387. The lowest BCUT2D eigenvalue weighted by atomic mass is 10.0. The SMILES string of the molecule is O=[N+]([O-])c1cc(NC2OCC(O)C(O)C2O)ccc1S(=O)(=O)[O-]. The third-order valence-corrected chi connectivity index (χ3v) is 4.12. The maximum atomic E-state index is 11.0. The molecule has 23 heavy (non-hydrogen) atoms. The molecule has 1 aliphatic heterocycles. The van der Waals surface area contributed by atoms with Crippen molar-refractivity contribution in [2.45, 2.75) is 29.4 Å². The van der Waals surface area contributed by atoms with Gasteiger partial charge in [0.2, 0.25) is 0 Å². The average molecular weight is 349 g/mol. The maximum absolute atomic E-state index is 11.0. The van der Waals surface area contributed by atoms with E-state index in [0.717, 1.165) is 18.2 Å². The van der Waals surface area contributed by atoms with Gasteiger partial charge in [0.05, 0.1) is 11.5 Å². The number of aliphatic hydroxyl groups excluding tert-OH is 3. The van der Waals surface area contributed by atoms with Crippen LogP contribution in [0.4, 0.5) is 11.4 Å². The van der Waals surface area contributed by atoms with E-state index in [9.17, 15) is 38.4 Å². The molecule has 0 aliphatic carbocycles. The lowest BCUT2D eigenvalue weighted by Crippen LogP contribution is -2.55. The summed E-state index contributed by atoms with van der Waals surface area (Å²) >= 11 is 0. The van der Waals surface area contributed by atoms with Crippen molar-refractivity contribution in [3.63, 3.8) is 0 Å². The van der Waals surface area contributed by atoms with Crippen molar-refractivity contribution in [1.82, 2.24) is 0 Å². The van der Waals surface area contributed by atoms with Crippen LogP contribution < -0.4 is 5.32 Å². The van der Waals surface area contributed by atoms with E-state index in [0.29, 0.717) is 0 Å². The number of nitro benzene ring substituents is 1. The summed E-state index contributed by atoms with van der Waals surface area (Å²) in [7, 11) is -5.03. The fourth-order valence-corrected chi connectivity index (χ4v) is 2.68. The largest absolute Gasteiger partial charge is 0.744 e. The summed E-state index contributed by atoms with van der Waals surface area (Å²) in [5, 5.41) is 42.0. The molecule has 1 aliphatic rings. The number of nitro groups is 1. The summed E-state index contributed by atoms with van der Waals surface area (Å²) < 4.78 is 38.0. The van der Waals surface area contributed by atoms with Crippen LogP contribution in [0.15, 0.2) is 23.1 Å². The van der Waals surface area contributed by atoms with E-state index in [1.807, 2.05) is 0 Å². The Labute approximate surface area is 130 Å². The minimum atomic E-state index is -5.03. The molecule has 0 saturated carbocycles. The van der Waals surface area contributed by atoms with Gasteiger partial charge >= 0.3 is 0 Å². The van der Waals surface area contributed by atoms with E-state index in [4.69, 9.17) is 4.74 Å². The van der Waals surface area contributed by atoms with E-state index < -0.39 is 50.2 Å². The van der Waals surface area contributed by atoms with Crippen molar-refractivity contribution in [3.05, 3.63) is 28.3 Å². The van der Waals surface area contributed by atoms with E-state index >= 15 is 0 Å². The van der Waals surface area contributed by atoms with Crippen LogP contribution in [0, 0.1) is 10.1 Å². The quantitative estimate of drug-likeness (QED) is 0.279. The Morgan fingerprint density at radius 2 is 1.91 bits per heavy atom. The Morgan fingerprint density at radius 3 is 2.48 bits per heavy atom. The normalized spacial score (nSPS) is 28.3. The van der Waals surface area contributed by atoms with Crippen molar-refractivity contribution < 1.29 is 38.0 Å². The first-order valence-corrected chi connectivity index (χ1v) is 7.69. The van der Waals surface area contributed by atoms with Gasteiger partial charge in [-0.1, -0.05) is 0 Å². The van der Waals surface area contributed by atoms with Gasteiger partial charge in [0.25, 0.3) is 5.69 Å². The zero-order chi connectivity index (χ0) is 17.4. The highest BCUT2D eigenvalue weighted by Crippen LogP contribution is 2.28. The number of nitrogens with zero attached hydrogens (tertiary/aromatic N) is 1. The molecule has 11 nitrogen and oxygen atoms in total. The Kier molecular flexibility index (Phi) is 4.84. The third-order valence-electron chi connectivity index (χ3n) is 3.23. The zero-order valence-electron chi connectivity index (χ0n) is 11.4. The molecule has 4 unspecified atom stereocenters.